The van der Waals surface area contributed by atoms with Crippen molar-refractivity contribution in [2.24, 2.45) is 11.8 Å². The van der Waals surface area contributed by atoms with Crippen molar-refractivity contribution in [2.45, 2.75) is 38.8 Å². The van der Waals surface area contributed by atoms with Crippen LogP contribution in [0.2, 0.25) is 0 Å². The van der Waals surface area contributed by atoms with Crippen LogP contribution < -0.4 is 5.32 Å². The minimum atomic E-state index is 0.435. The van der Waals surface area contributed by atoms with Crippen LogP contribution in [-0.2, 0) is 9.47 Å². The molecule has 4 unspecified atom stereocenters. The zero-order valence-electron chi connectivity index (χ0n) is 9.87. The molecule has 2 saturated heterocycles. The molecule has 2 fully saturated rings. The smallest absolute Gasteiger partial charge is 0.0588 e. The van der Waals surface area contributed by atoms with Gasteiger partial charge in [0.15, 0.2) is 0 Å². The van der Waals surface area contributed by atoms with Crippen LogP contribution >= 0.6 is 0 Å². The average molecular weight is 213 g/mol. The molecule has 3 heteroatoms. The number of hydrogen-bond acceptors (Lipinski definition) is 3. The molecule has 0 aliphatic carbocycles. The van der Waals surface area contributed by atoms with Crippen LogP contribution in [0.15, 0.2) is 0 Å². The van der Waals surface area contributed by atoms with Crippen molar-refractivity contribution in [2.75, 3.05) is 26.4 Å². The highest BCUT2D eigenvalue weighted by atomic mass is 16.5. The normalized spacial score (nSPS) is 38.4. The maximum atomic E-state index is 5.56. The topological polar surface area (TPSA) is 30.5 Å². The summed E-state index contributed by atoms with van der Waals surface area (Å²) in [4.78, 5) is 0. The van der Waals surface area contributed by atoms with Gasteiger partial charge in [0, 0.05) is 25.8 Å². The van der Waals surface area contributed by atoms with E-state index in [1.54, 1.807) is 0 Å². The van der Waals surface area contributed by atoms with Crippen molar-refractivity contribution in [1.29, 1.82) is 0 Å². The van der Waals surface area contributed by atoms with Crippen LogP contribution in [0.3, 0.4) is 0 Å². The van der Waals surface area contributed by atoms with E-state index in [0.717, 1.165) is 26.4 Å². The summed E-state index contributed by atoms with van der Waals surface area (Å²) in [5, 5.41) is 3.64. The molecule has 1 N–H and O–H groups in total. The van der Waals surface area contributed by atoms with Crippen molar-refractivity contribution in [3.63, 3.8) is 0 Å². The van der Waals surface area contributed by atoms with Crippen molar-refractivity contribution in [3.05, 3.63) is 0 Å². The molecule has 15 heavy (non-hydrogen) atoms. The zero-order chi connectivity index (χ0) is 10.7. The van der Waals surface area contributed by atoms with Gasteiger partial charge in [-0.1, -0.05) is 0 Å². The fourth-order valence-corrected chi connectivity index (χ4v) is 2.50. The molecule has 0 saturated carbocycles. The third-order valence-corrected chi connectivity index (χ3v) is 3.91. The van der Waals surface area contributed by atoms with E-state index in [4.69, 9.17) is 9.47 Å². The molecule has 0 aromatic heterocycles. The summed E-state index contributed by atoms with van der Waals surface area (Å²) >= 11 is 0. The van der Waals surface area contributed by atoms with E-state index in [0.29, 0.717) is 24.0 Å². The molecule has 0 aromatic rings. The van der Waals surface area contributed by atoms with Gasteiger partial charge in [0.25, 0.3) is 0 Å². The van der Waals surface area contributed by atoms with Gasteiger partial charge in [0.2, 0.25) is 0 Å². The minimum absolute atomic E-state index is 0.435. The Kier molecular flexibility index (Phi) is 4.00. The lowest BCUT2D eigenvalue weighted by atomic mass is 9.98. The first kappa shape index (κ1) is 11.4. The molecule has 0 radical (unpaired) electrons. The van der Waals surface area contributed by atoms with E-state index in [2.05, 4.69) is 19.2 Å². The second-order valence-electron chi connectivity index (χ2n) is 4.95. The highest BCUT2D eigenvalue weighted by Crippen LogP contribution is 2.21. The van der Waals surface area contributed by atoms with Gasteiger partial charge in [-0.25, -0.2) is 0 Å². The molecule has 2 aliphatic rings. The van der Waals surface area contributed by atoms with Crippen molar-refractivity contribution in [3.8, 4) is 0 Å². The van der Waals surface area contributed by atoms with Crippen LogP contribution in [0, 0.1) is 11.8 Å². The predicted molar refractivity (Wildman–Crippen MR) is 59.9 cm³/mol. The van der Waals surface area contributed by atoms with Gasteiger partial charge >= 0.3 is 0 Å². The molecule has 2 heterocycles. The number of ether oxygens (including phenoxy) is 2. The van der Waals surface area contributed by atoms with Crippen LogP contribution in [0.4, 0.5) is 0 Å². The van der Waals surface area contributed by atoms with Crippen LogP contribution in [-0.4, -0.2) is 38.5 Å². The highest BCUT2D eigenvalue weighted by Gasteiger charge is 2.26. The van der Waals surface area contributed by atoms with Crippen molar-refractivity contribution >= 4 is 0 Å². The van der Waals surface area contributed by atoms with Gasteiger partial charge in [0.1, 0.15) is 0 Å². The second-order valence-corrected chi connectivity index (χ2v) is 4.95. The van der Waals surface area contributed by atoms with E-state index in [-0.39, 0.29) is 0 Å². The van der Waals surface area contributed by atoms with Gasteiger partial charge in [-0.05, 0) is 38.5 Å². The Hall–Kier alpha value is -0.120. The SMILES string of the molecule is CC(NCC1CCOC1C)C1CCOC1. The first-order valence-corrected chi connectivity index (χ1v) is 6.20. The summed E-state index contributed by atoms with van der Waals surface area (Å²) < 4.78 is 11.0. The Morgan fingerprint density at radius 1 is 1.33 bits per heavy atom. The van der Waals surface area contributed by atoms with E-state index in [1.165, 1.54) is 12.8 Å². The van der Waals surface area contributed by atoms with Gasteiger partial charge in [-0.2, -0.15) is 0 Å². The Balaban J connectivity index is 1.67. The van der Waals surface area contributed by atoms with Gasteiger partial charge in [-0.15, -0.1) is 0 Å². The van der Waals surface area contributed by atoms with Crippen LogP contribution in [0.25, 0.3) is 0 Å². The first-order valence-electron chi connectivity index (χ1n) is 6.20. The minimum Gasteiger partial charge on any atom is -0.381 e. The number of rotatable bonds is 4. The molecule has 0 spiro atoms. The summed E-state index contributed by atoms with van der Waals surface area (Å²) in [7, 11) is 0. The molecule has 2 aliphatic heterocycles. The van der Waals surface area contributed by atoms with Gasteiger partial charge in [-0.3, -0.25) is 0 Å². The van der Waals surface area contributed by atoms with Crippen molar-refractivity contribution in [1.82, 2.24) is 5.32 Å². The Morgan fingerprint density at radius 2 is 2.20 bits per heavy atom. The van der Waals surface area contributed by atoms with Crippen LogP contribution in [0.1, 0.15) is 26.7 Å². The largest absolute Gasteiger partial charge is 0.381 e. The number of nitrogens with one attached hydrogen (secondary N) is 1. The maximum Gasteiger partial charge on any atom is 0.0588 e. The molecule has 3 nitrogen and oxygen atoms in total. The summed E-state index contributed by atoms with van der Waals surface area (Å²) in [5.41, 5.74) is 0. The zero-order valence-corrected chi connectivity index (χ0v) is 9.87. The van der Waals surface area contributed by atoms with E-state index in [1.807, 2.05) is 0 Å². The third kappa shape index (κ3) is 2.92. The predicted octanol–water partition coefficient (Wildman–Crippen LogP) is 1.43. The first-order chi connectivity index (χ1) is 7.27. The molecular formula is C12H23NO2. The van der Waals surface area contributed by atoms with Gasteiger partial charge < -0.3 is 14.8 Å². The van der Waals surface area contributed by atoms with Crippen LogP contribution in [0.5, 0.6) is 0 Å². The average Bonchev–Trinajstić information content (AvgIpc) is 2.85. The summed E-state index contributed by atoms with van der Waals surface area (Å²) in [6, 6.07) is 0.584. The molecular weight excluding hydrogens is 190 g/mol. The Bertz CT molecular complexity index is 192. The molecule has 4 atom stereocenters. The van der Waals surface area contributed by atoms with Crippen molar-refractivity contribution < 1.29 is 9.47 Å². The molecule has 0 amide bonds. The van der Waals surface area contributed by atoms with E-state index < -0.39 is 0 Å². The Morgan fingerprint density at radius 3 is 2.80 bits per heavy atom. The quantitative estimate of drug-likeness (QED) is 0.766. The highest BCUT2D eigenvalue weighted by molar-refractivity contribution is 4.80. The second kappa shape index (κ2) is 5.28. The summed E-state index contributed by atoms with van der Waals surface area (Å²) in [6.07, 6.45) is 2.86. The maximum absolute atomic E-state index is 5.56. The molecule has 2 rings (SSSR count). The fourth-order valence-electron chi connectivity index (χ4n) is 2.50. The lowest BCUT2D eigenvalue weighted by Crippen LogP contribution is -2.38. The molecule has 88 valence electrons. The van der Waals surface area contributed by atoms with E-state index in [9.17, 15) is 0 Å². The molecule has 0 aromatic carbocycles. The lowest BCUT2D eigenvalue weighted by Gasteiger charge is -2.22. The standard InChI is InChI=1S/C12H23NO2/c1-9(12-3-5-14-8-12)13-7-11-4-6-15-10(11)2/h9-13H,3-8H2,1-2H3. The number of hydrogen-bond donors (Lipinski definition) is 1. The van der Waals surface area contributed by atoms with Gasteiger partial charge in [0.05, 0.1) is 12.7 Å². The van der Waals surface area contributed by atoms with E-state index >= 15 is 0 Å². The lowest BCUT2D eigenvalue weighted by molar-refractivity contribution is 0.104. The summed E-state index contributed by atoms with van der Waals surface area (Å²) in [5.74, 6) is 1.41. The molecule has 0 bridgehead atoms. The Labute approximate surface area is 92.5 Å². The fraction of sp³-hybridized carbons (Fsp3) is 1.00. The monoisotopic (exact) mass is 213 g/mol. The summed E-state index contributed by atoms with van der Waals surface area (Å²) in [6.45, 7) is 8.38. The third-order valence-electron chi connectivity index (χ3n) is 3.91.